The van der Waals surface area contributed by atoms with Crippen LogP contribution in [0.25, 0.3) is 0 Å². The van der Waals surface area contributed by atoms with Crippen LogP contribution < -0.4 is 10.6 Å². The Morgan fingerprint density at radius 3 is 2.50 bits per heavy atom. The predicted octanol–water partition coefficient (Wildman–Crippen LogP) is 3.07. The van der Waals surface area contributed by atoms with E-state index in [1.807, 2.05) is 30.3 Å². The molecular weight excluding hydrogens is 224 g/mol. The Kier molecular flexibility index (Phi) is 5.06. The van der Waals surface area contributed by atoms with Crippen molar-refractivity contribution in [3.8, 4) is 0 Å². The van der Waals surface area contributed by atoms with E-state index in [1.54, 1.807) is 0 Å². The molecule has 98 valence electrons. The zero-order valence-corrected chi connectivity index (χ0v) is 10.8. The number of amides is 2. The van der Waals surface area contributed by atoms with Crippen molar-refractivity contribution in [3.05, 3.63) is 35.9 Å². The Balaban J connectivity index is 1.63. The molecule has 1 fully saturated rings. The van der Waals surface area contributed by atoms with E-state index in [0.717, 1.165) is 12.1 Å². The topological polar surface area (TPSA) is 41.1 Å². The molecular formula is C15H22N2O. The fourth-order valence-corrected chi connectivity index (χ4v) is 2.47. The van der Waals surface area contributed by atoms with Crippen LogP contribution in [-0.4, -0.2) is 12.6 Å². The molecule has 0 aliphatic heterocycles. The molecule has 2 amide bonds. The summed E-state index contributed by atoms with van der Waals surface area (Å²) in [4.78, 5) is 11.6. The number of hydrogen-bond acceptors (Lipinski definition) is 1. The van der Waals surface area contributed by atoms with Gasteiger partial charge in [0.1, 0.15) is 0 Å². The van der Waals surface area contributed by atoms with E-state index < -0.39 is 0 Å². The zero-order chi connectivity index (χ0) is 12.6. The average molecular weight is 246 g/mol. The van der Waals surface area contributed by atoms with Gasteiger partial charge in [-0.3, -0.25) is 0 Å². The molecule has 18 heavy (non-hydrogen) atoms. The highest BCUT2D eigenvalue weighted by Gasteiger charge is 2.13. The molecule has 1 aliphatic carbocycles. The Bertz CT molecular complexity index is 358. The number of rotatable bonds is 4. The number of hydrogen-bond donors (Lipinski definition) is 2. The van der Waals surface area contributed by atoms with Gasteiger partial charge in [0.15, 0.2) is 0 Å². The SMILES string of the molecule is O=C(NCc1ccccc1)NCC1CCCCC1. The summed E-state index contributed by atoms with van der Waals surface area (Å²) in [5.41, 5.74) is 1.13. The molecule has 1 aromatic rings. The number of carbonyl (C=O) groups is 1. The number of benzene rings is 1. The van der Waals surface area contributed by atoms with E-state index in [1.165, 1.54) is 32.1 Å². The maximum absolute atomic E-state index is 11.6. The lowest BCUT2D eigenvalue weighted by Crippen LogP contribution is -2.38. The smallest absolute Gasteiger partial charge is 0.315 e. The van der Waals surface area contributed by atoms with Gasteiger partial charge in [0.05, 0.1) is 0 Å². The summed E-state index contributed by atoms with van der Waals surface area (Å²) >= 11 is 0. The van der Waals surface area contributed by atoms with Crippen molar-refractivity contribution in [3.63, 3.8) is 0 Å². The standard InChI is InChI=1S/C15H22N2O/c18-15(16-11-13-7-3-1-4-8-13)17-12-14-9-5-2-6-10-14/h1,3-4,7-8,14H,2,5-6,9-12H2,(H2,16,17,18). The van der Waals surface area contributed by atoms with E-state index in [2.05, 4.69) is 10.6 Å². The molecule has 0 aromatic heterocycles. The molecule has 2 N–H and O–H groups in total. The lowest BCUT2D eigenvalue weighted by Gasteiger charge is -2.21. The molecule has 0 bridgehead atoms. The molecule has 2 rings (SSSR count). The van der Waals surface area contributed by atoms with Crippen LogP contribution in [0.15, 0.2) is 30.3 Å². The quantitative estimate of drug-likeness (QED) is 0.842. The first-order valence-electron chi connectivity index (χ1n) is 6.90. The first-order valence-corrected chi connectivity index (χ1v) is 6.90. The molecule has 0 heterocycles. The van der Waals surface area contributed by atoms with Crippen molar-refractivity contribution >= 4 is 6.03 Å². The van der Waals surface area contributed by atoms with Gasteiger partial charge in [-0.2, -0.15) is 0 Å². The first kappa shape index (κ1) is 12.9. The fourth-order valence-electron chi connectivity index (χ4n) is 2.47. The molecule has 1 aromatic carbocycles. The van der Waals surface area contributed by atoms with E-state index in [-0.39, 0.29) is 6.03 Å². The van der Waals surface area contributed by atoms with Gasteiger partial charge in [0, 0.05) is 13.1 Å². The van der Waals surface area contributed by atoms with Gasteiger partial charge in [0.25, 0.3) is 0 Å². The normalized spacial score (nSPS) is 16.2. The minimum Gasteiger partial charge on any atom is -0.338 e. The van der Waals surface area contributed by atoms with Crippen LogP contribution in [0.5, 0.6) is 0 Å². The van der Waals surface area contributed by atoms with Gasteiger partial charge in [-0.05, 0) is 24.3 Å². The Hall–Kier alpha value is -1.51. The number of urea groups is 1. The first-order chi connectivity index (χ1) is 8.84. The molecule has 0 saturated heterocycles. The van der Waals surface area contributed by atoms with Crippen molar-refractivity contribution in [1.82, 2.24) is 10.6 Å². The summed E-state index contributed by atoms with van der Waals surface area (Å²) in [6.45, 7) is 1.41. The van der Waals surface area contributed by atoms with Crippen molar-refractivity contribution in [2.24, 2.45) is 5.92 Å². The van der Waals surface area contributed by atoms with Crippen molar-refractivity contribution in [1.29, 1.82) is 0 Å². The third-order valence-corrected chi connectivity index (χ3v) is 3.57. The Morgan fingerprint density at radius 1 is 1.06 bits per heavy atom. The summed E-state index contributed by atoms with van der Waals surface area (Å²) < 4.78 is 0. The average Bonchev–Trinajstić information content (AvgIpc) is 2.45. The second-order valence-electron chi connectivity index (χ2n) is 5.05. The molecule has 0 atom stereocenters. The third kappa shape index (κ3) is 4.40. The van der Waals surface area contributed by atoms with Gasteiger partial charge in [-0.25, -0.2) is 4.79 Å². The van der Waals surface area contributed by atoms with E-state index in [4.69, 9.17) is 0 Å². The summed E-state index contributed by atoms with van der Waals surface area (Å²) in [5, 5.41) is 5.86. The van der Waals surface area contributed by atoms with E-state index in [9.17, 15) is 4.79 Å². The molecule has 3 heteroatoms. The number of carbonyl (C=O) groups excluding carboxylic acids is 1. The fraction of sp³-hybridized carbons (Fsp3) is 0.533. The zero-order valence-electron chi connectivity index (χ0n) is 10.8. The van der Waals surface area contributed by atoms with Crippen LogP contribution in [0, 0.1) is 5.92 Å². The van der Waals surface area contributed by atoms with Crippen molar-refractivity contribution in [2.75, 3.05) is 6.54 Å². The molecule has 1 aliphatic rings. The lowest BCUT2D eigenvalue weighted by atomic mass is 9.89. The summed E-state index contributed by atoms with van der Waals surface area (Å²) in [7, 11) is 0. The Morgan fingerprint density at radius 2 is 1.78 bits per heavy atom. The van der Waals surface area contributed by atoms with Crippen molar-refractivity contribution < 1.29 is 4.79 Å². The van der Waals surface area contributed by atoms with E-state index in [0.29, 0.717) is 12.5 Å². The predicted molar refractivity (Wildman–Crippen MR) is 73.3 cm³/mol. The molecule has 0 spiro atoms. The minimum atomic E-state index is -0.0515. The maximum Gasteiger partial charge on any atom is 0.315 e. The van der Waals surface area contributed by atoms with Crippen molar-refractivity contribution in [2.45, 2.75) is 38.6 Å². The van der Waals surface area contributed by atoms with Gasteiger partial charge in [0.2, 0.25) is 0 Å². The Labute approximate surface area is 109 Å². The molecule has 1 saturated carbocycles. The lowest BCUT2D eigenvalue weighted by molar-refractivity contribution is 0.236. The van der Waals surface area contributed by atoms with Gasteiger partial charge in [-0.1, -0.05) is 49.6 Å². The summed E-state index contributed by atoms with van der Waals surface area (Å²) in [6.07, 6.45) is 6.52. The van der Waals surface area contributed by atoms with Crippen LogP contribution in [0.4, 0.5) is 4.79 Å². The summed E-state index contributed by atoms with van der Waals surface area (Å²) in [5.74, 6) is 0.682. The molecule has 3 nitrogen and oxygen atoms in total. The monoisotopic (exact) mass is 246 g/mol. The van der Waals surface area contributed by atoms with E-state index >= 15 is 0 Å². The van der Waals surface area contributed by atoms with Crippen LogP contribution in [0.3, 0.4) is 0 Å². The highest BCUT2D eigenvalue weighted by Crippen LogP contribution is 2.22. The highest BCUT2D eigenvalue weighted by molar-refractivity contribution is 5.73. The maximum atomic E-state index is 11.6. The summed E-state index contributed by atoms with van der Waals surface area (Å²) in [6, 6.07) is 9.92. The highest BCUT2D eigenvalue weighted by atomic mass is 16.2. The van der Waals surface area contributed by atoms with Crippen LogP contribution in [0.1, 0.15) is 37.7 Å². The minimum absolute atomic E-state index is 0.0515. The molecule has 0 unspecified atom stereocenters. The van der Waals surface area contributed by atoms with Gasteiger partial charge < -0.3 is 10.6 Å². The second-order valence-corrected chi connectivity index (χ2v) is 5.05. The second kappa shape index (κ2) is 7.04. The number of nitrogens with one attached hydrogen (secondary N) is 2. The molecule has 0 radical (unpaired) electrons. The van der Waals surface area contributed by atoms with Crippen LogP contribution in [-0.2, 0) is 6.54 Å². The van der Waals surface area contributed by atoms with Crippen LogP contribution in [0.2, 0.25) is 0 Å². The van der Waals surface area contributed by atoms with Crippen LogP contribution >= 0.6 is 0 Å². The van der Waals surface area contributed by atoms with Gasteiger partial charge >= 0.3 is 6.03 Å². The van der Waals surface area contributed by atoms with Gasteiger partial charge in [-0.15, -0.1) is 0 Å². The third-order valence-electron chi connectivity index (χ3n) is 3.57. The largest absolute Gasteiger partial charge is 0.338 e.